The number of para-hydroxylation sites is 2. The van der Waals surface area contributed by atoms with Crippen molar-refractivity contribution in [1.82, 2.24) is 0 Å². The van der Waals surface area contributed by atoms with Crippen molar-refractivity contribution >= 4 is 23.1 Å². The number of carbonyl (C=O) groups is 1. The molecule has 110 valence electrons. The van der Waals surface area contributed by atoms with Gasteiger partial charge in [0.05, 0.1) is 24.2 Å². The first-order valence-electron chi connectivity index (χ1n) is 5.97. The molecule has 0 spiro atoms. The van der Waals surface area contributed by atoms with E-state index >= 15 is 0 Å². The molecule has 0 atom stereocenters. The van der Waals surface area contributed by atoms with E-state index in [0.29, 0.717) is 17.5 Å². The molecule has 0 aliphatic heterocycles. The largest absolute Gasteiger partial charge is 0.495 e. The Bertz CT molecular complexity index is 677. The van der Waals surface area contributed by atoms with Gasteiger partial charge in [0.2, 0.25) is 0 Å². The number of urea groups is 1. The second-order valence-corrected chi connectivity index (χ2v) is 4.13. The van der Waals surface area contributed by atoms with Gasteiger partial charge in [0, 0.05) is 6.07 Å². The van der Waals surface area contributed by atoms with Crippen LogP contribution in [0.5, 0.6) is 5.75 Å². The average Bonchev–Trinajstić information content (AvgIpc) is 2.45. The molecule has 0 bridgehead atoms. The van der Waals surface area contributed by atoms with Gasteiger partial charge in [-0.3, -0.25) is 0 Å². The maximum Gasteiger partial charge on any atom is 0.323 e. The van der Waals surface area contributed by atoms with E-state index in [1.54, 1.807) is 24.3 Å². The van der Waals surface area contributed by atoms with E-state index in [1.807, 2.05) is 0 Å². The summed E-state index contributed by atoms with van der Waals surface area (Å²) in [4.78, 5) is 11.8. The molecule has 2 rings (SSSR count). The lowest BCUT2D eigenvalue weighted by atomic mass is 10.2. The van der Waals surface area contributed by atoms with Crippen LogP contribution >= 0.6 is 0 Å². The molecule has 2 amide bonds. The highest BCUT2D eigenvalue weighted by molar-refractivity contribution is 6.01. The molecule has 2 aromatic carbocycles. The molecule has 21 heavy (non-hydrogen) atoms. The fourth-order valence-electron chi connectivity index (χ4n) is 1.69. The molecule has 0 aliphatic carbocycles. The van der Waals surface area contributed by atoms with Crippen LogP contribution in [0.15, 0.2) is 36.4 Å². The van der Waals surface area contributed by atoms with Gasteiger partial charge >= 0.3 is 6.03 Å². The summed E-state index contributed by atoms with van der Waals surface area (Å²) < 4.78 is 31.6. The van der Waals surface area contributed by atoms with E-state index in [4.69, 9.17) is 10.5 Å². The predicted molar refractivity (Wildman–Crippen MR) is 76.4 cm³/mol. The maximum atomic E-state index is 13.5. The molecule has 0 radical (unpaired) electrons. The van der Waals surface area contributed by atoms with Crippen LogP contribution in [0.3, 0.4) is 0 Å². The number of benzene rings is 2. The minimum atomic E-state index is -0.920. The monoisotopic (exact) mass is 293 g/mol. The van der Waals surface area contributed by atoms with Gasteiger partial charge in [-0.05, 0) is 18.2 Å². The predicted octanol–water partition coefficient (Wildman–Crippen LogP) is 3.20. The number of hydrogen-bond acceptors (Lipinski definition) is 3. The Morgan fingerprint density at radius 3 is 2.48 bits per heavy atom. The highest BCUT2D eigenvalue weighted by atomic mass is 19.1. The van der Waals surface area contributed by atoms with Gasteiger partial charge in [-0.25, -0.2) is 13.6 Å². The highest BCUT2D eigenvalue weighted by Gasteiger charge is 2.12. The van der Waals surface area contributed by atoms with Crippen LogP contribution in [0.1, 0.15) is 0 Å². The van der Waals surface area contributed by atoms with Gasteiger partial charge in [-0.2, -0.15) is 0 Å². The van der Waals surface area contributed by atoms with Crippen LogP contribution in [0.4, 0.5) is 30.6 Å². The quantitative estimate of drug-likeness (QED) is 0.761. The highest BCUT2D eigenvalue weighted by Crippen LogP contribution is 2.24. The van der Waals surface area contributed by atoms with Crippen LogP contribution in [0, 0.1) is 11.6 Å². The summed E-state index contributed by atoms with van der Waals surface area (Å²) in [6, 6.07) is 7.63. The standard InChI is InChI=1S/C14H13F2N3O2/c1-21-13-5-3-2-4-11(13)18-14(20)19-12-7-10(17)8(15)6-9(12)16/h2-7H,17H2,1H3,(H2,18,19,20). The Labute approximate surface area is 119 Å². The zero-order chi connectivity index (χ0) is 15.4. The van der Waals surface area contributed by atoms with E-state index in [9.17, 15) is 13.6 Å². The van der Waals surface area contributed by atoms with E-state index in [-0.39, 0.29) is 11.4 Å². The van der Waals surface area contributed by atoms with Crippen molar-refractivity contribution in [2.24, 2.45) is 0 Å². The molecule has 0 aromatic heterocycles. The van der Waals surface area contributed by atoms with Gasteiger partial charge in [-0.15, -0.1) is 0 Å². The Kier molecular flexibility index (Phi) is 4.22. The summed E-state index contributed by atoms with van der Waals surface area (Å²) in [5, 5.41) is 4.75. The Morgan fingerprint density at radius 2 is 1.76 bits per heavy atom. The zero-order valence-corrected chi connectivity index (χ0v) is 11.1. The fourth-order valence-corrected chi connectivity index (χ4v) is 1.69. The van der Waals surface area contributed by atoms with Crippen LogP contribution in [-0.4, -0.2) is 13.1 Å². The van der Waals surface area contributed by atoms with Crippen molar-refractivity contribution in [1.29, 1.82) is 0 Å². The van der Waals surface area contributed by atoms with Crippen molar-refractivity contribution < 1.29 is 18.3 Å². The fraction of sp³-hybridized carbons (Fsp3) is 0.0714. The number of nitrogens with two attached hydrogens (primary N) is 1. The van der Waals surface area contributed by atoms with Crippen molar-refractivity contribution in [2.45, 2.75) is 0 Å². The molecule has 0 aliphatic rings. The lowest BCUT2D eigenvalue weighted by Crippen LogP contribution is -2.20. The minimum Gasteiger partial charge on any atom is -0.495 e. The SMILES string of the molecule is COc1ccccc1NC(=O)Nc1cc(N)c(F)cc1F. The number of rotatable bonds is 3. The van der Waals surface area contributed by atoms with E-state index in [2.05, 4.69) is 10.6 Å². The molecule has 0 fully saturated rings. The van der Waals surface area contributed by atoms with Crippen molar-refractivity contribution in [3.05, 3.63) is 48.0 Å². The molecular formula is C14H13F2N3O2. The molecule has 4 N–H and O–H groups in total. The number of hydrogen-bond donors (Lipinski definition) is 3. The summed E-state index contributed by atoms with van der Waals surface area (Å²) in [6.07, 6.45) is 0. The molecule has 7 heteroatoms. The Hall–Kier alpha value is -2.83. The molecule has 2 aromatic rings. The van der Waals surface area contributed by atoms with Crippen LogP contribution in [-0.2, 0) is 0 Å². The topological polar surface area (TPSA) is 76.4 Å². The smallest absolute Gasteiger partial charge is 0.323 e. The molecule has 0 saturated carbocycles. The molecule has 5 nitrogen and oxygen atoms in total. The summed E-state index contributed by atoms with van der Waals surface area (Å²) in [5.74, 6) is -1.35. The zero-order valence-electron chi connectivity index (χ0n) is 11.1. The van der Waals surface area contributed by atoms with Gasteiger partial charge in [-0.1, -0.05) is 12.1 Å². The number of anilines is 3. The first-order valence-corrected chi connectivity index (χ1v) is 5.97. The Morgan fingerprint density at radius 1 is 1.10 bits per heavy atom. The second-order valence-electron chi connectivity index (χ2n) is 4.13. The third-order valence-corrected chi connectivity index (χ3v) is 2.69. The number of nitrogens with one attached hydrogen (secondary N) is 2. The van der Waals surface area contributed by atoms with Crippen molar-refractivity contribution in [3.8, 4) is 5.75 Å². The number of nitrogen functional groups attached to an aromatic ring is 1. The summed E-state index contributed by atoms with van der Waals surface area (Å²) in [7, 11) is 1.46. The van der Waals surface area contributed by atoms with Crippen LogP contribution in [0.2, 0.25) is 0 Å². The normalized spacial score (nSPS) is 10.0. The molecule has 0 heterocycles. The summed E-state index contributed by atoms with van der Waals surface area (Å²) in [5.41, 5.74) is 5.26. The lowest BCUT2D eigenvalue weighted by molar-refractivity contribution is 0.262. The number of methoxy groups -OCH3 is 1. The van der Waals surface area contributed by atoms with Crippen LogP contribution in [0.25, 0.3) is 0 Å². The summed E-state index contributed by atoms with van der Waals surface area (Å²) >= 11 is 0. The van der Waals surface area contributed by atoms with E-state index in [1.165, 1.54) is 7.11 Å². The number of amides is 2. The van der Waals surface area contributed by atoms with Gasteiger partial charge in [0.15, 0.2) is 0 Å². The van der Waals surface area contributed by atoms with E-state index in [0.717, 1.165) is 6.07 Å². The number of ether oxygens (including phenoxy) is 1. The van der Waals surface area contributed by atoms with Crippen molar-refractivity contribution in [2.75, 3.05) is 23.5 Å². The number of halogens is 2. The third kappa shape index (κ3) is 3.38. The first kappa shape index (κ1) is 14.6. The van der Waals surface area contributed by atoms with E-state index < -0.39 is 17.7 Å². The van der Waals surface area contributed by atoms with Gasteiger partial charge in [0.25, 0.3) is 0 Å². The maximum absolute atomic E-state index is 13.5. The average molecular weight is 293 g/mol. The van der Waals surface area contributed by atoms with Crippen molar-refractivity contribution in [3.63, 3.8) is 0 Å². The summed E-state index contributed by atoms with van der Waals surface area (Å²) in [6.45, 7) is 0. The minimum absolute atomic E-state index is 0.221. The lowest BCUT2D eigenvalue weighted by Gasteiger charge is -2.11. The Balaban J connectivity index is 2.14. The van der Waals surface area contributed by atoms with Gasteiger partial charge < -0.3 is 21.1 Å². The molecule has 0 unspecified atom stereocenters. The third-order valence-electron chi connectivity index (χ3n) is 2.69. The number of carbonyl (C=O) groups excluding carboxylic acids is 1. The molecular weight excluding hydrogens is 280 g/mol. The van der Waals surface area contributed by atoms with Gasteiger partial charge in [0.1, 0.15) is 17.4 Å². The molecule has 0 saturated heterocycles. The second kappa shape index (κ2) is 6.08. The first-order chi connectivity index (χ1) is 10.0. The van der Waals surface area contributed by atoms with Crippen LogP contribution < -0.4 is 21.1 Å².